The molecule has 2 heterocycles. The maximum atomic E-state index is 5.71. The van der Waals surface area contributed by atoms with Gasteiger partial charge in [-0.3, -0.25) is 0 Å². The molecule has 0 aliphatic heterocycles. The van der Waals surface area contributed by atoms with Crippen LogP contribution in [0.5, 0.6) is 0 Å². The van der Waals surface area contributed by atoms with Crippen LogP contribution < -0.4 is 0 Å². The second-order valence-corrected chi connectivity index (χ2v) is 5.05. The molecule has 0 bridgehead atoms. The molecule has 15 heavy (non-hydrogen) atoms. The van der Waals surface area contributed by atoms with E-state index >= 15 is 0 Å². The Morgan fingerprint density at radius 1 is 1.53 bits per heavy atom. The monoisotopic (exact) mass is 305 g/mol. The van der Waals surface area contributed by atoms with E-state index in [4.69, 9.17) is 11.6 Å². The Labute approximate surface area is 105 Å². The normalized spacial score (nSPS) is 10.9. The van der Waals surface area contributed by atoms with Crippen LogP contribution in [0.15, 0.2) is 9.85 Å². The van der Waals surface area contributed by atoms with Crippen molar-refractivity contribution < 1.29 is 0 Å². The van der Waals surface area contributed by atoms with Crippen LogP contribution >= 0.6 is 38.9 Å². The number of thiazole rings is 1. The molecule has 2 rings (SSSR count). The Kier molecular flexibility index (Phi) is 3.13. The summed E-state index contributed by atoms with van der Waals surface area (Å²) < 4.78 is 2.87. The molecule has 0 spiro atoms. The van der Waals surface area contributed by atoms with Gasteiger partial charge in [0.05, 0.1) is 27.4 Å². The van der Waals surface area contributed by atoms with Crippen LogP contribution in [0.25, 0.3) is 5.13 Å². The van der Waals surface area contributed by atoms with Crippen molar-refractivity contribution in [1.82, 2.24) is 14.8 Å². The number of aryl methyl sites for hydroxylation is 1. The van der Waals surface area contributed by atoms with Crippen molar-refractivity contribution in [2.24, 2.45) is 0 Å². The quantitative estimate of drug-likeness (QED) is 0.796. The van der Waals surface area contributed by atoms with Crippen molar-refractivity contribution in [3.8, 4) is 5.13 Å². The van der Waals surface area contributed by atoms with Crippen LogP contribution in [0, 0.1) is 13.8 Å². The van der Waals surface area contributed by atoms with Crippen molar-refractivity contribution in [3.05, 3.63) is 26.9 Å². The number of rotatable bonds is 2. The second-order valence-electron chi connectivity index (χ2n) is 3.15. The molecule has 0 atom stereocenters. The Morgan fingerprint density at radius 2 is 2.27 bits per heavy atom. The average molecular weight is 307 g/mol. The Balaban J connectivity index is 2.49. The highest BCUT2D eigenvalue weighted by molar-refractivity contribution is 9.10. The highest BCUT2D eigenvalue weighted by Crippen LogP contribution is 2.24. The van der Waals surface area contributed by atoms with Gasteiger partial charge in [-0.2, -0.15) is 5.10 Å². The first-order valence-electron chi connectivity index (χ1n) is 4.36. The highest BCUT2D eigenvalue weighted by Gasteiger charge is 2.12. The van der Waals surface area contributed by atoms with Gasteiger partial charge in [0, 0.05) is 5.38 Å². The van der Waals surface area contributed by atoms with Crippen LogP contribution in [0.1, 0.15) is 17.1 Å². The van der Waals surface area contributed by atoms with Crippen molar-refractivity contribution in [3.63, 3.8) is 0 Å². The fourth-order valence-corrected chi connectivity index (χ4v) is 2.57. The maximum absolute atomic E-state index is 5.71. The second kappa shape index (κ2) is 4.23. The fourth-order valence-electron chi connectivity index (χ4n) is 1.26. The molecule has 0 radical (unpaired) electrons. The Morgan fingerprint density at radius 3 is 2.73 bits per heavy atom. The summed E-state index contributed by atoms with van der Waals surface area (Å²) in [5.41, 5.74) is 2.92. The minimum absolute atomic E-state index is 0.441. The summed E-state index contributed by atoms with van der Waals surface area (Å²) in [5, 5.41) is 7.21. The van der Waals surface area contributed by atoms with E-state index in [2.05, 4.69) is 26.0 Å². The first-order chi connectivity index (χ1) is 7.13. The lowest BCUT2D eigenvalue weighted by molar-refractivity contribution is 0.821. The number of aromatic nitrogens is 3. The first-order valence-corrected chi connectivity index (χ1v) is 6.56. The van der Waals surface area contributed by atoms with E-state index in [1.54, 1.807) is 11.3 Å². The van der Waals surface area contributed by atoms with Gasteiger partial charge in [-0.1, -0.05) is 0 Å². The van der Waals surface area contributed by atoms with Crippen molar-refractivity contribution in [2.75, 3.05) is 0 Å². The van der Waals surface area contributed by atoms with Gasteiger partial charge in [-0.25, -0.2) is 9.67 Å². The lowest BCUT2D eigenvalue weighted by atomic mass is 10.4. The van der Waals surface area contributed by atoms with Crippen molar-refractivity contribution in [1.29, 1.82) is 0 Å². The van der Waals surface area contributed by atoms with Crippen molar-refractivity contribution in [2.45, 2.75) is 19.7 Å². The number of hydrogen-bond acceptors (Lipinski definition) is 3. The van der Waals surface area contributed by atoms with Crippen LogP contribution in [-0.4, -0.2) is 14.8 Å². The third-order valence-corrected chi connectivity index (χ3v) is 4.35. The largest absolute Gasteiger partial charge is 0.222 e. The van der Waals surface area contributed by atoms with Gasteiger partial charge in [0.1, 0.15) is 0 Å². The van der Waals surface area contributed by atoms with E-state index in [0.717, 1.165) is 26.7 Å². The standard InChI is InChI=1S/C9H9BrClN3S/c1-5-8(10)6(2)14(13-5)9-12-7(3-11)4-15-9/h4H,3H2,1-2H3. The third kappa shape index (κ3) is 1.96. The molecular weight excluding hydrogens is 298 g/mol. The topological polar surface area (TPSA) is 30.7 Å². The molecule has 0 saturated heterocycles. The molecule has 0 fully saturated rings. The molecule has 0 aromatic carbocycles. The van der Waals surface area contributed by atoms with E-state index in [1.165, 1.54) is 0 Å². The molecular formula is C9H9BrClN3S. The molecule has 80 valence electrons. The average Bonchev–Trinajstić information content (AvgIpc) is 2.79. The van der Waals surface area contributed by atoms with Crippen LogP contribution in [-0.2, 0) is 5.88 Å². The van der Waals surface area contributed by atoms with Gasteiger partial charge in [0.2, 0.25) is 5.13 Å². The molecule has 0 saturated carbocycles. The van der Waals surface area contributed by atoms with E-state index in [-0.39, 0.29) is 0 Å². The molecule has 0 N–H and O–H groups in total. The molecule has 2 aromatic rings. The van der Waals surface area contributed by atoms with Gasteiger partial charge >= 0.3 is 0 Å². The summed E-state index contributed by atoms with van der Waals surface area (Å²) in [6.07, 6.45) is 0. The molecule has 6 heteroatoms. The maximum Gasteiger partial charge on any atom is 0.210 e. The molecule has 2 aromatic heterocycles. The number of nitrogens with zero attached hydrogens (tertiary/aromatic N) is 3. The predicted octanol–water partition coefficient (Wildman–Crippen LogP) is 3.45. The van der Waals surface area contributed by atoms with E-state index in [1.807, 2.05) is 23.9 Å². The Bertz CT molecular complexity index is 492. The Hall–Kier alpha value is -0.390. The van der Waals surface area contributed by atoms with Gasteiger partial charge in [-0.05, 0) is 29.8 Å². The van der Waals surface area contributed by atoms with E-state index in [0.29, 0.717) is 5.88 Å². The van der Waals surface area contributed by atoms with Crippen LogP contribution in [0.2, 0.25) is 0 Å². The minimum Gasteiger partial charge on any atom is -0.222 e. The van der Waals surface area contributed by atoms with Crippen LogP contribution in [0.4, 0.5) is 0 Å². The van der Waals surface area contributed by atoms with Gasteiger partial charge in [0.15, 0.2) is 0 Å². The zero-order chi connectivity index (χ0) is 11.0. The summed E-state index contributed by atoms with van der Waals surface area (Å²) >= 11 is 10.7. The lowest BCUT2D eigenvalue weighted by Gasteiger charge is -1.97. The third-order valence-electron chi connectivity index (χ3n) is 2.06. The summed E-state index contributed by atoms with van der Waals surface area (Å²) in [4.78, 5) is 4.38. The molecule has 3 nitrogen and oxygen atoms in total. The van der Waals surface area contributed by atoms with E-state index < -0.39 is 0 Å². The number of alkyl halides is 1. The smallest absolute Gasteiger partial charge is 0.210 e. The van der Waals surface area contributed by atoms with Gasteiger partial charge < -0.3 is 0 Å². The fraction of sp³-hybridized carbons (Fsp3) is 0.333. The predicted molar refractivity (Wildman–Crippen MR) is 66.0 cm³/mol. The summed E-state index contributed by atoms with van der Waals surface area (Å²) in [7, 11) is 0. The molecule has 0 unspecified atom stereocenters. The molecule has 0 aliphatic carbocycles. The summed E-state index contributed by atoms with van der Waals surface area (Å²) in [5.74, 6) is 0.441. The number of hydrogen-bond donors (Lipinski definition) is 0. The number of halogens is 2. The van der Waals surface area contributed by atoms with Gasteiger partial charge in [-0.15, -0.1) is 22.9 Å². The first kappa shape index (κ1) is 11.1. The van der Waals surface area contributed by atoms with E-state index in [9.17, 15) is 0 Å². The zero-order valence-corrected chi connectivity index (χ0v) is 11.4. The zero-order valence-electron chi connectivity index (χ0n) is 8.29. The van der Waals surface area contributed by atoms with Crippen molar-refractivity contribution >= 4 is 38.9 Å². The summed E-state index contributed by atoms with van der Waals surface area (Å²) in [6, 6.07) is 0. The summed E-state index contributed by atoms with van der Waals surface area (Å²) in [6.45, 7) is 3.97. The minimum atomic E-state index is 0.441. The molecule has 0 amide bonds. The van der Waals surface area contributed by atoms with Crippen LogP contribution in [0.3, 0.4) is 0 Å². The SMILES string of the molecule is Cc1nn(-c2nc(CCl)cs2)c(C)c1Br. The van der Waals surface area contributed by atoms with Gasteiger partial charge in [0.25, 0.3) is 0 Å². The lowest BCUT2D eigenvalue weighted by Crippen LogP contribution is -1.98. The molecule has 0 aliphatic rings. The highest BCUT2D eigenvalue weighted by atomic mass is 79.9.